The lowest BCUT2D eigenvalue weighted by Gasteiger charge is -2.07. The number of anilines is 1. The van der Waals surface area contributed by atoms with Crippen molar-refractivity contribution in [1.29, 1.82) is 0 Å². The molecule has 4 aromatic rings. The summed E-state index contributed by atoms with van der Waals surface area (Å²) in [5.74, 6) is 1.32. The molecule has 0 aliphatic heterocycles. The van der Waals surface area contributed by atoms with Crippen LogP contribution in [0, 0.1) is 5.92 Å². The molecule has 0 spiro atoms. The molecule has 0 radical (unpaired) electrons. The van der Waals surface area contributed by atoms with Crippen LogP contribution in [0.2, 0.25) is 0 Å². The van der Waals surface area contributed by atoms with Crippen LogP contribution in [0.15, 0.2) is 24.7 Å². The monoisotopic (exact) mass is 378 g/mol. The Hall–Kier alpha value is -3.03. The quantitative estimate of drug-likeness (QED) is 0.485. The van der Waals surface area contributed by atoms with Gasteiger partial charge in [-0.15, -0.1) is 0 Å². The van der Waals surface area contributed by atoms with E-state index in [2.05, 4.69) is 51.2 Å². The molecule has 0 saturated carbocycles. The SMILES string of the molecule is CCCCn1nc(CC(C)C)c2c(NCc3[nH]nc4ncccc34)ncnc21. The fourth-order valence-electron chi connectivity index (χ4n) is 3.42. The van der Waals surface area contributed by atoms with Gasteiger partial charge in [-0.05, 0) is 30.9 Å². The number of fused-ring (bicyclic) bond motifs is 2. The maximum atomic E-state index is 4.87. The molecule has 0 unspecified atom stereocenters. The first-order valence-corrected chi connectivity index (χ1v) is 9.89. The average Bonchev–Trinajstić information content (AvgIpc) is 3.26. The van der Waals surface area contributed by atoms with E-state index in [4.69, 9.17) is 5.10 Å². The Morgan fingerprint density at radius 2 is 2.11 bits per heavy atom. The molecule has 2 N–H and O–H groups in total. The zero-order valence-electron chi connectivity index (χ0n) is 16.6. The highest BCUT2D eigenvalue weighted by Crippen LogP contribution is 2.26. The summed E-state index contributed by atoms with van der Waals surface area (Å²) in [7, 11) is 0. The molecular weight excluding hydrogens is 352 g/mol. The number of nitrogens with one attached hydrogen (secondary N) is 2. The topological polar surface area (TPSA) is 97.2 Å². The van der Waals surface area contributed by atoms with Gasteiger partial charge in [-0.3, -0.25) is 5.10 Å². The molecule has 0 saturated heterocycles. The summed E-state index contributed by atoms with van der Waals surface area (Å²) in [5.41, 5.74) is 3.66. The van der Waals surface area contributed by atoms with Crippen LogP contribution in [0.3, 0.4) is 0 Å². The van der Waals surface area contributed by atoms with Gasteiger partial charge in [0.2, 0.25) is 0 Å². The van der Waals surface area contributed by atoms with E-state index in [1.165, 1.54) is 0 Å². The third kappa shape index (κ3) is 3.54. The van der Waals surface area contributed by atoms with Crippen molar-refractivity contribution < 1.29 is 0 Å². The Balaban J connectivity index is 1.68. The van der Waals surface area contributed by atoms with Gasteiger partial charge in [-0.1, -0.05) is 27.2 Å². The molecule has 0 aromatic carbocycles. The lowest BCUT2D eigenvalue weighted by Crippen LogP contribution is -2.05. The zero-order valence-corrected chi connectivity index (χ0v) is 16.6. The number of H-pyrrole nitrogens is 1. The van der Waals surface area contributed by atoms with Gasteiger partial charge in [-0.2, -0.15) is 10.2 Å². The first kappa shape index (κ1) is 18.3. The van der Waals surface area contributed by atoms with Crippen LogP contribution in [0.1, 0.15) is 45.0 Å². The number of aromatic amines is 1. The Kier molecular flexibility index (Phi) is 5.18. The number of aryl methyl sites for hydroxylation is 1. The molecule has 0 aliphatic carbocycles. The molecule has 0 amide bonds. The molecule has 8 heteroatoms. The van der Waals surface area contributed by atoms with Crippen molar-refractivity contribution in [2.24, 2.45) is 5.92 Å². The van der Waals surface area contributed by atoms with Crippen LogP contribution in [0.5, 0.6) is 0 Å². The van der Waals surface area contributed by atoms with Crippen LogP contribution in [0.4, 0.5) is 5.82 Å². The van der Waals surface area contributed by atoms with Crippen LogP contribution >= 0.6 is 0 Å². The number of aromatic nitrogens is 7. The molecule has 146 valence electrons. The predicted molar refractivity (Wildman–Crippen MR) is 110 cm³/mol. The minimum absolute atomic E-state index is 0.508. The average molecular weight is 378 g/mol. The highest BCUT2D eigenvalue weighted by atomic mass is 15.3. The maximum absolute atomic E-state index is 4.87. The third-order valence-corrected chi connectivity index (χ3v) is 4.77. The van der Waals surface area contributed by atoms with E-state index in [0.29, 0.717) is 12.5 Å². The maximum Gasteiger partial charge on any atom is 0.181 e. The van der Waals surface area contributed by atoms with E-state index in [-0.39, 0.29) is 0 Å². The minimum Gasteiger partial charge on any atom is -0.364 e. The number of hydrogen-bond donors (Lipinski definition) is 2. The van der Waals surface area contributed by atoms with Gasteiger partial charge in [0.25, 0.3) is 0 Å². The summed E-state index contributed by atoms with van der Waals surface area (Å²) >= 11 is 0. The van der Waals surface area contributed by atoms with E-state index >= 15 is 0 Å². The molecule has 8 nitrogen and oxygen atoms in total. The fraction of sp³-hybridized carbons (Fsp3) is 0.450. The van der Waals surface area contributed by atoms with Crippen molar-refractivity contribution in [3.8, 4) is 0 Å². The van der Waals surface area contributed by atoms with Crippen LogP contribution in [0.25, 0.3) is 22.1 Å². The second kappa shape index (κ2) is 7.92. The lowest BCUT2D eigenvalue weighted by molar-refractivity contribution is 0.562. The van der Waals surface area contributed by atoms with Gasteiger partial charge in [-0.25, -0.2) is 19.6 Å². The molecule has 0 fully saturated rings. The van der Waals surface area contributed by atoms with Gasteiger partial charge < -0.3 is 5.32 Å². The van der Waals surface area contributed by atoms with E-state index in [1.807, 2.05) is 16.8 Å². The molecule has 0 atom stereocenters. The van der Waals surface area contributed by atoms with Gasteiger partial charge >= 0.3 is 0 Å². The number of pyridine rings is 1. The molecular formula is C20H26N8. The van der Waals surface area contributed by atoms with Crippen LogP contribution in [-0.4, -0.2) is 34.9 Å². The summed E-state index contributed by atoms with van der Waals surface area (Å²) < 4.78 is 2.03. The molecule has 28 heavy (non-hydrogen) atoms. The first-order valence-electron chi connectivity index (χ1n) is 9.89. The van der Waals surface area contributed by atoms with E-state index < -0.39 is 0 Å². The number of rotatable bonds is 8. The molecule has 4 aromatic heterocycles. The number of nitrogens with zero attached hydrogens (tertiary/aromatic N) is 6. The molecule has 4 rings (SSSR count). The summed E-state index contributed by atoms with van der Waals surface area (Å²) in [6.07, 6.45) is 6.46. The van der Waals surface area contributed by atoms with E-state index in [9.17, 15) is 0 Å². The smallest absolute Gasteiger partial charge is 0.181 e. The predicted octanol–water partition coefficient (Wildman–Crippen LogP) is 3.71. The highest BCUT2D eigenvalue weighted by molar-refractivity contribution is 5.89. The van der Waals surface area contributed by atoms with Gasteiger partial charge in [0.1, 0.15) is 12.1 Å². The normalized spacial score (nSPS) is 11.7. The number of hydrogen-bond acceptors (Lipinski definition) is 6. The van der Waals surface area contributed by atoms with E-state index in [1.54, 1.807) is 12.5 Å². The second-order valence-corrected chi connectivity index (χ2v) is 7.47. The van der Waals surface area contributed by atoms with Crippen molar-refractivity contribution >= 4 is 27.9 Å². The van der Waals surface area contributed by atoms with Gasteiger partial charge in [0.05, 0.1) is 23.3 Å². The largest absolute Gasteiger partial charge is 0.364 e. The molecule has 4 heterocycles. The Labute approximate surface area is 163 Å². The van der Waals surface area contributed by atoms with Crippen LogP contribution in [-0.2, 0) is 19.5 Å². The van der Waals surface area contributed by atoms with Crippen molar-refractivity contribution in [2.45, 2.75) is 53.1 Å². The van der Waals surface area contributed by atoms with Crippen molar-refractivity contribution in [3.63, 3.8) is 0 Å². The summed E-state index contributed by atoms with van der Waals surface area (Å²) in [4.78, 5) is 13.3. The standard InChI is InChI=1S/C20H26N8/c1-4-5-9-28-20-17(15(27-28)10-13(2)3)19(23-12-24-20)22-11-16-14-7-6-8-21-18(14)26-25-16/h6-8,12-13H,4-5,9-11H2,1-3H3,(H,21,25,26)(H,22,23,24). The van der Waals surface area contributed by atoms with Crippen LogP contribution < -0.4 is 5.32 Å². The fourth-order valence-corrected chi connectivity index (χ4v) is 3.42. The van der Waals surface area contributed by atoms with Gasteiger partial charge in [0, 0.05) is 18.1 Å². The summed E-state index contributed by atoms with van der Waals surface area (Å²) in [6.45, 7) is 8.05. The van der Waals surface area contributed by atoms with Crippen molar-refractivity contribution in [3.05, 3.63) is 36.0 Å². The third-order valence-electron chi connectivity index (χ3n) is 4.77. The Bertz CT molecular complexity index is 1080. The molecule has 0 aliphatic rings. The van der Waals surface area contributed by atoms with Crippen molar-refractivity contribution in [2.75, 3.05) is 5.32 Å². The second-order valence-electron chi connectivity index (χ2n) is 7.47. The first-order chi connectivity index (χ1) is 13.7. The van der Waals surface area contributed by atoms with E-state index in [0.717, 1.165) is 65.1 Å². The summed E-state index contributed by atoms with van der Waals surface area (Å²) in [5, 5.41) is 17.7. The number of unbranched alkanes of at least 4 members (excludes halogenated alkanes) is 1. The summed E-state index contributed by atoms with van der Waals surface area (Å²) in [6, 6.07) is 3.94. The Morgan fingerprint density at radius 3 is 2.93 bits per heavy atom. The van der Waals surface area contributed by atoms with Crippen molar-refractivity contribution in [1.82, 2.24) is 34.9 Å². The highest BCUT2D eigenvalue weighted by Gasteiger charge is 2.18. The van der Waals surface area contributed by atoms with Gasteiger partial charge in [0.15, 0.2) is 11.3 Å². The lowest BCUT2D eigenvalue weighted by atomic mass is 10.1. The minimum atomic E-state index is 0.508. The molecule has 0 bridgehead atoms. The Morgan fingerprint density at radius 1 is 1.21 bits per heavy atom. The zero-order chi connectivity index (χ0) is 19.5.